The largest absolute Gasteiger partial charge is 0.452 e. The quantitative estimate of drug-likeness (QED) is 0.338. The standard InChI is InChI=1S/C24H19Cl2F3N2O5/c25-18-9-16-17(10-19(18)26)22(34)31(21(16)33)15-6-1-3-12(7-15)23(35)36-11-20(32)30-14-5-2-4-13(8-14)24(27,28)29/h1-8,16-19H,9-11H2,(H,30,32)/t16-,17-,18-,19+/m1/s1. The number of rotatable bonds is 5. The van der Waals surface area contributed by atoms with E-state index in [0.29, 0.717) is 0 Å². The summed E-state index contributed by atoms with van der Waals surface area (Å²) in [5.74, 6) is -3.81. The number of esters is 1. The van der Waals surface area contributed by atoms with Gasteiger partial charge < -0.3 is 10.1 Å². The fourth-order valence-electron chi connectivity index (χ4n) is 4.31. The van der Waals surface area contributed by atoms with Crippen LogP contribution in [0.5, 0.6) is 0 Å². The normalized spacial score (nSPS) is 23.9. The third-order valence-electron chi connectivity index (χ3n) is 6.06. The molecule has 1 aliphatic carbocycles. The second kappa shape index (κ2) is 10.1. The zero-order valence-corrected chi connectivity index (χ0v) is 19.9. The lowest BCUT2D eigenvalue weighted by atomic mass is 9.80. The van der Waals surface area contributed by atoms with Gasteiger partial charge in [0.25, 0.3) is 5.91 Å². The summed E-state index contributed by atoms with van der Waals surface area (Å²) < 4.78 is 43.4. The second-order valence-corrected chi connectivity index (χ2v) is 9.60. The molecule has 2 fully saturated rings. The number of alkyl halides is 5. The first-order chi connectivity index (χ1) is 17.0. The predicted molar refractivity (Wildman–Crippen MR) is 125 cm³/mol. The van der Waals surface area contributed by atoms with Crippen LogP contribution in [0.2, 0.25) is 0 Å². The monoisotopic (exact) mass is 542 g/mol. The van der Waals surface area contributed by atoms with Gasteiger partial charge in [0, 0.05) is 5.69 Å². The summed E-state index contributed by atoms with van der Waals surface area (Å²) in [5.41, 5.74) is -0.915. The summed E-state index contributed by atoms with van der Waals surface area (Å²) in [5, 5.41) is 1.36. The Kier molecular flexibility index (Phi) is 7.28. The molecular weight excluding hydrogens is 524 g/mol. The van der Waals surface area contributed by atoms with E-state index in [1.54, 1.807) is 0 Å². The van der Waals surface area contributed by atoms with Crippen LogP contribution in [-0.4, -0.2) is 41.1 Å². The molecule has 1 aliphatic heterocycles. The molecule has 2 aromatic carbocycles. The summed E-state index contributed by atoms with van der Waals surface area (Å²) in [6.45, 7) is -0.765. The topological polar surface area (TPSA) is 92.8 Å². The summed E-state index contributed by atoms with van der Waals surface area (Å²) >= 11 is 12.4. The highest BCUT2D eigenvalue weighted by Gasteiger charge is 2.52. The molecule has 12 heteroatoms. The van der Waals surface area contributed by atoms with E-state index in [-0.39, 0.29) is 29.8 Å². The Bertz CT molecular complexity index is 1190. The number of carbonyl (C=O) groups excluding carboxylic acids is 4. The Balaban J connectivity index is 1.40. The van der Waals surface area contributed by atoms with Crippen LogP contribution < -0.4 is 10.2 Å². The van der Waals surface area contributed by atoms with E-state index in [4.69, 9.17) is 27.9 Å². The number of halogens is 5. The molecule has 1 N–H and O–H groups in total. The third kappa shape index (κ3) is 5.34. The van der Waals surface area contributed by atoms with Crippen LogP contribution in [-0.2, 0) is 25.3 Å². The molecule has 0 bridgehead atoms. The van der Waals surface area contributed by atoms with E-state index in [0.717, 1.165) is 23.1 Å². The van der Waals surface area contributed by atoms with E-state index in [9.17, 15) is 32.3 Å². The minimum atomic E-state index is -4.58. The highest BCUT2D eigenvalue weighted by atomic mass is 35.5. The van der Waals surface area contributed by atoms with Gasteiger partial charge in [0.2, 0.25) is 11.8 Å². The van der Waals surface area contributed by atoms with Crippen molar-refractivity contribution in [2.45, 2.75) is 29.8 Å². The molecule has 190 valence electrons. The van der Waals surface area contributed by atoms with Crippen molar-refractivity contribution in [3.63, 3.8) is 0 Å². The molecule has 2 aromatic rings. The number of ether oxygens (including phenoxy) is 1. The van der Waals surface area contributed by atoms with Gasteiger partial charge in [0.1, 0.15) is 0 Å². The van der Waals surface area contributed by atoms with Gasteiger partial charge in [0.05, 0.1) is 39.4 Å². The Hall–Kier alpha value is -3.11. The van der Waals surface area contributed by atoms with Crippen LogP contribution in [0.1, 0.15) is 28.8 Å². The van der Waals surface area contributed by atoms with E-state index in [1.807, 2.05) is 0 Å². The number of nitrogens with one attached hydrogen (secondary N) is 1. The third-order valence-corrected chi connectivity index (χ3v) is 7.15. The number of carbonyl (C=O) groups is 4. The fraction of sp³-hybridized carbons (Fsp3) is 0.333. The molecule has 2 aliphatic rings. The van der Waals surface area contributed by atoms with Gasteiger partial charge in [0.15, 0.2) is 6.61 Å². The number of amides is 3. The van der Waals surface area contributed by atoms with Crippen LogP contribution in [0, 0.1) is 11.8 Å². The van der Waals surface area contributed by atoms with Gasteiger partial charge in [-0.3, -0.25) is 19.3 Å². The van der Waals surface area contributed by atoms with Gasteiger partial charge in [-0.2, -0.15) is 13.2 Å². The molecule has 4 rings (SSSR count). The molecule has 3 amide bonds. The lowest BCUT2D eigenvalue weighted by Crippen LogP contribution is -2.34. The Morgan fingerprint density at radius 2 is 1.58 bits per heavy atom. The molecule has 7 nitrogen and oxygen atoms in total. The molecule has 0 radical (unpaired) electrons. The molecule has 0 unspecified atom stereocenters. The number of nitrogens with zero attached hydrogens (tertiary/aromatic N) is 1. The van der Waals surface area contributed by atoms with E-state index in [2.05, 4.69) is 5.32 Å². The maximum atomic E-state index is 12.9. The Morgan fingerprint density at radius 3 is 2.19 bits per heavy atom. The van der Waals surface area contributed by atoms with Gasteiger partial charge in [-0.15, -0.1) is 23.2 Å². The molecule has 1 saturated carbocycles. The zero-order chi connectivity index (χ0) is 26.2. The van der Waals surface area contributed by atoms with Crippen molar-refractivity contribution in [3.8, 4) is 0 Å². The van der Waals surface area contributed by atoms with Gasteiger partial charge in [-0.25, -0.2) is 4.79 Å². The van der Waals surface area contributed by atoms with E-state index < -0.39 is 64.6 Å². The minimum absolute atomic E-state index is 0.0275. The molecule has 4 atom stereocenters. The average molecular weight is 543 g/mol. The molecule has 0 spiro atoms. The van der Waals surface area contributed by atoms with E-state index in [1.165, 1.54) is 30.3 Å². The van der Waals surface area contributed by atoms with Crippen molar-refractivity contribution in [1.29, 1.82) is 0 Å². The predicted octanol–water partition coefficient (Wildman–Crippen LogP) is 4.62. The maximum absolute atomic E-state index is 12.9. The number of fused-ring (bicyclic) bond motifs is 1. The summed E-state index contributed by atoms with van der Waals surface area (Å²) in [6.07, 6.45) is -4.04. The van der Waals surface area contributed by atoms with Crippen LogP contribution in [0.15, 0.2) is 48.5 Å². The first-order valence-corrected chi connectivity index (χ1v) is 11.7. The Labute approximate surface area is 213 Å². The average Bonchev–Trinajstić information content (AvgIpc) is 3.06. The summed E-state index contributed by atoms with van der Waals surface area (Å²) in [7, 11) is 0. The second-order valence-electron chi connectivity index (χ2n) is 8.48. The molecule has 0 aromatic heterocycles. The maximum Gasteiger partial charge on any atom is 0.416 e. The smallest absolute Gasteiger partial charge is 0.416 e. The summed E-state index contributed by atoms with van der Waals surface area (Å²) in [6, 6.07) is 9.60. The first kappa shape index (κ1) is 26.0. The van der Waals surface area contributed by atoms with Crippen molar-refractivity contribution in [2.24, 2.45) is 11.8 Å². The number of anilines is 2. The van der Waals surface area contributed by atoms with Crippen molar-refractivity contribution >= 4 is 58.3 Å². The molecule has 36 heavy (non-hydrogen) atoms. The van der Waals surface area contributed by atoms with Crippen LogP contribution in [0.25, 0.3) is 0 Å². The number of benzene rings is 2. The van der Waals surface area contributed by atoms with Crippen molar-refractivity contribution in [3.05, 3.63) is 59.7 Å². The number of hydrogen-bond donors (Lipinski definition) is 1. The highest BCUT2D eigenvalue weighted by Crippen LogP contribution is 2.43. The van der Waals surface area contributed by atoms with Gasteiger partial charge >= 0.3 is 12.1 Å². The van der Waals surface area contributed by atoms with Gasteiger partial charge in [-0.1, -0.05) is 12.1 Å². The van der Waals surface area contributed by atoms with E-state index >= 15 is 0 Å². The lowest BCUT2D eigenvalue weighted by Gasteiger charge is -2.28. The first-order valence-electron chi connectivity index (χ1n) is 10.9. The van der Waals surface area contributed by atoms with Crippen molar-refractivity contribution < 1.29 is 37.1 Å². The molecule has 1 saturated heterocycles. The van der Waals surface area contributed by atoms with Crippen LogP contribution in [0.3, 0.4) is 0 Å². The van der Waals surface area contributed by atoms with Crippen molar-refractivity contribution in [1.82, 2.24) is 0 Å². The molecule has 1 heterocycles. The van der Waals surface area contributed by atoms with Crippen LogP contribution >= 0.6 is 23.2 Å². The SMILES string of the molecule is O=C(COC(=O)c1cccc(N2C(=O)[C@@H]3C[C@@H](Cl)[C@@H](Cl)C[C@H]3C2=O)c1)Nc1cccc(C(F)(F)F)c1. The lowest BCUT2D eigenvalue weighted by molar-refractivity contribution is -0.137. The summed E-state index contributed by atoms with van der Waals surface area (Å²) in [4.78, 5) is 51.4. The minimum Gasteiger partial charge on any atom is -0.452 e. The molecular formula is C24H19Cl2F3N2O5. The van der Waals surface area contributed by atoms with Crippen LogP contribution in [0.4, 0.5) is 24.5 Å². The van der Waals surface area contributed by atoms with Gasteiger partial charge in [-0.05, 0) is 49.2 Å². The number of imide groups is 1. The highest BCUT2D eigenvalue weighted by molar-refractivity contribution is 6.31. The Morgan fingerprint density at radius 1 is 0.972 bits per heavy atom. The fourth-order valence-corrected chi connectivity index (χ4v) is 4.90. The number of hydrogen-bond acceptors (Lipinski definition) is 5. The zero-order valence-electron chi connectivity index (χ0n) is 18.4. The van der Waals surface area contributed by atoms with Crippen molar-refractivity contribution in [2.75, 3.05) is 16.8 Å².